The van der Waals surface area contributed by atoms with Crippen molar-refractivity contribution in [3.8, 4) is 0 Å². The molecule has 1 aliphatic heterocycles. The molecule has 0 radical (unpaired) electrons. The van der Waals surface area contributed by atoms with Crippen molar-refractivity contribution in [3.63, 3.8) is 0 Å². The Kier molecular flexibility index (Phi) is 4.96. The van der Waals surface area contributed by atoms with E-state index in [-0.39, 0.29) is 12.5 Å². The standard InChI is InChI=1S/C17H22N2O3/c1-13(2)7-9-17(16(21)22)8-5-11-19(12-17)15(20)14-6-3-4-10-18-14/h3-4,6-7,10H,5,8-9,11-12H2,1-2H3,(H,21,22)/t17-/m0/s1. The Hall–Kier alpha value is -2.17. The highest BCUT2D eigenvalue weighted by atomic mass is 16.4. The maximum absolute atomic E-state index is 12.5. The van der Waals surface area contributed by atoms with E-state index in [2.05, 4.69) is 4.98 Å². The number of carbonyl (C=O) groups is 2. The van der Waals surface area contributed by atoms with Gasteiger partial charge >= 0.3 is 5.97 Å². The van der Waals surface area contributed by atoms with Crippen LogP contribution in [0.3, 0.4) is 0 Å². The summed E-state index contributed by atoms with van der Waals surface area (Å²) in [5, 5.41) is 9.69. The maximum atomic E-state index is 12.5. The lowest BCUT2D eigenvalue weighted by molar-refractivity contribution is -0.151. The second-order valence-corrected chi connectivity index (χ2v) is 6.12. The molecule has 2 rings (SSSR count). The highest BCUT2D eigenvalue weighted by Crippen LogP contribution is 2.35. The first-order chi connectivity index (χ1) is 10.4. The van der Waals surface area contributed by atoms with Crippen LogP contribution < -0.4 is 0 Å². The zero-order valence-corrected chi connectivity index (χ0v) is 13.1. The molecule has 0 aliphatic carbocycles. The molecule has 1 amide bonds. The summed E-state index contributed by atoms with van der Waals surface area (Å²) in [6.07, 6.45) is 5.27. The van der Waals surface area contributed by atoms with E-state index in [0.29, 0.717) is 31.5 Å². The molecule has 0 aromatic carbocycles. The van der Waals surface area contributed by atoms with Crippen LogP contribution in [-0.2, 0) is 4.79 Å². The number of hydrogen-bond donors (Lipinski definition) is 1. The van der Waals surface area contributed by atoms with E-state index in [4.69, 9.17) is 0 Å². The lowest BCUT2D eigenvalue weighted by atomic mass is 9.76. The van der Waals surface area contributed by atoms with Crippen molar-refractivity contribution in [3.05, 3.63) is 41.7 Å². The van der Waals surface area contributed by atoms with Crippen LogP contribution in [0.5, 0.6) is 0 Å². The molecule has 5 nitrogen and oxygen atoms in total. The van der Waals surface area contributed by atoms with Gasteiger partial charge in [-0.15, -0.1) is 0 Å². The van der Waals surface area contributed by atoms with Crippen LogP contribution in [0.25, 0.3) is 0 Å². The normalized spacial score (nSPS) is 21.3. The highest BCUT2D eigenvalue weighted by molar-refractivity contribution is 5.92. The Morgan fingerprint density at radius 3 is 2.77 bits per heavy atom. The third-order valence-electron chi connectivity index (χ3n) is 4.10. The molecule has 5 heteroatoms. The van der Waals surface area contributed by atoms with Gasteiger partial charge in [-0.3, -0.25) is 14.6 Å². The molecule has 1 saturated heterocycles. The summed E-state index contributed by atoms with van der Waals surface area (Å²) in [4.78, 5) is 30.0. The van der Waals surface area contributed by atoms with Crippen LogP contribution >= 0.6 is 0 Å². The molecule has 1 atom stereocenters. The SMILES string of the molecule is CC(C)=CC[C@@]1(C(=O)O)CCCN(C(=O)c2ccccn2)C1. The third-order valence-corrected chi connectivity index (χ3v) is 4.10. The predicted molar refractivity (Wildman–Crippen MR) is 83.5 cm³/mol. The van der Waals surface area contributed by atoms with Crippen molar-refractivity contribution in [1.82, 2.24) is 9.88 Å². The van der Waals surface area contributed by atoms with Gasteiger partial charge in [-0.05, 0) is 45.2 Å². The van der Waals surface area contributed by atoms with E-state index in [1.807, 2.05) is 19.9 Å². The summed E-state index contributed by atoms with van der Waals surface area (Å²) in [5.41, 5.74) is 0.569. The number of carboxylic acids is 1. The van der Waals surface area contributed by atoms with Gasteiger partial charge < -0.3 is 10.0 Å². The number of nitrogens with zero attached hydrogens (tertiary/aromatic N) is 2. The number of amides is 1. The van der Waals surface area contributed by atoms with E-state index in [9.17, 15) is 14.7 Å². The summed E-state index contributed by atoms with van der Waals surface area (Å²) in [6, 6.07) is 5.18. The average Bonchev–Trinajstić information content (AvgIpc) is 2.53. The minimum absolute atomic E-state index is 0.192. The number of rotatable bonds is 4. The molecule has 118 valence electrons. The van der Waals surface area contributed by atoms with Gasteiger partial charge in [-0.1, -0.05) is 17.7 Å². The Balaban J connectivity index is 2.20. The molecular weight excluding hydrogens is 280 g/mol. The minimum Gasteiger partial charge on any atom is -0.481 e. The quantitative estimate of drug-likeness (QED) is 0.868. The van der Waals surface area contributed by atoms with Gasteiger partial charge in [0.2, 0.25) is 0 Å². The smallest absolute Gasteiger partial charge is 0.311 e. The number of pyridine rings is 1. The van der Waals surface area contributed by atoms with Crippen LogP contribution in [0.1, 0.15) is 43.6 Å². The molecule has 0 saturated carbocycles. The fourth-order valence-corrected chi connectivity index (χ4v) is 2.78. The van der Waals surface area contributed by atoms with Crippen LogP contribution in [0.2, 0.25) is 0 Å². The topological polar surface area (TPSA) is 70.5 Å². The first kappa shape index (κ1) is 16.2. The molecule has 1 aliphatic rings. The van der Waals surface area contributed by atoms with Gasteiger partial charge in [0.15, 0.2) is 0 Å². The van der Waals surface area contributed by atoms with Crippen molar-refractivity contribution >= 4 is 11.9 Å². The lowest BCUT2D eigenvalue weighted by Gasteiger charge is -2.39. The summed E-state index contributed by atoms with van der Waals surface area (Å²) >= 11 is 0. The van der Waals surface area contributed by atoms with Gasteiger partial charge in [-0.2, -0.15) is 0 Å². The van der Waals surface area contributed by atoms with Gasteiger partial charge in [0.25, 0.3) is 5.91 Å². The predicted octanol–water partition coefficient (Wildman–Crippen LogP) is 2.74. The molecule has 1 fully saturated rings. The molecular formula is C17H22N2O3. The van der Waals surface area contributed by atoms with Crippen LogP contribution in [0, 0.1) is 5.41 Å². The molecule has 0 spiro atoms. The van der Waals surface area contributed by atoms with Crippen molar-refractivity contribution in [2.75, 3.05) is 13.1 Å². The molecule has 22 heavy (non-hydrogen) atoms. The van der Waals surface area contributed by atoms with Crippen molar-refractivity contribution < 1.29 is 14.7 Å². The van der Waals surface area contributed by atoms with Gasteiger partial charge in [0, 0.05) is 19.3 Å². The van der Waals surface area contributed by atoms with Gasteiger partial charge in [-0.25, -0.2) is 0 Å². The number of aromatic nitrogens is 1. The number of likely N-dealkylation sites (tertiary alicyclic amines) is 1. The van der Waals surface area contributed by atoms with Crippen LogP contribution in [0.15, 0.2) is 36.0 Å². The van der Waals surface area contributed by atoms with Gasteiger partial charge in [0.1, 0.15) is 5.69 Å². The fraction of sp³-hybridized carbons (Fsp3) is 0.471. The molecule has 1 aromatic rings. The summed E-state index contributed by atoms with van der Waals surface area (Å²) in [7, 11) is 0. The fourth-order valence-electron chi connectivity index (χ4n) is 2.78. The second-order valence-electron chi connectivity index (χ2n) is 6.12. The third kappa shape index (κ3) is 3.53. The maximum Gasteiger partial charge on any atom is 0.311 e. The van der Waals surface area contributed by atoms with Crippen molar-refractivity contribution in [1.29, 1.82) is 0 Å². The highest BCUT2D eigenvalue weighted by Gasteiger charge is 2.43. The Bertz CT molecular complexity index is 579. The summed E-state index contributed by atoms with van der Waals surface area (Å²) in [5.74, 6) is -1.02. The van der Waals surface area contributed by atoms with E-state index in [1.165, 1.54) is 0 Å². The molecule has 0 unspecified atom stereocenters. The average molecular weight is 302 g/mol. The number of piperidine rings is 1. The van der Waals surface area contributed by atoms with Crippen molar-refractivity contribution in [2.24, 2.45) is 5.41 Å². The molecule has 1 N–H and O–H groups in total. The number of hydrogen-bond acceptors (Lipinski definition) is 3. The van der Waals surface area contributed by atoms with Gasteiger partial charge in [0.05, 0.1) is 5.41 Å². The second kappa shape index (κ2) is 6.73. The van der Waals surface area contributed by atoms with E-state index < -0.39 is 11.4 Å². The lowest BCUT2D eigenvalue weighted by Crippen LogP contribution is -2.50. The molecule has 1 aromatic heterocycles. The Morgan fingerprint density at radius 1 is 1.41 bits per heavy atom. The van der Waals surface area contributed by atoms with E-state index in [1.54, 1.807) is 29.3 Å². The minimum atomic E-state index is -0.889. The number of aliphatic carboxylic acids is 1. The Labute approximate surface area is 130 Å². The summed E-state index contributed by atoms with van der Waals surface area (Å²) in [6.45, 7) is 4.73. The largest absolute Gasteiger partial charge is 0.481 e. The van der Waals surface area contributed by atoms with E-state index >= 15 is 0 Å². The monoisotopic (exact) mass is 302 g/mol. The number of allylic oxidation sites excluding steroid dienone is 2. The number of carbonyl (C=O) groups excluding carboxylic acids is 1. The number of carboxylic acid groups (broad SMARTS) is 1. The van der Waals surface area contributed by atoms with E-state index in [0.717, 1.165) is 5.57 Å². The van der Waals surface area contributed by atoms with Crippen LogP contribution in [-0.4, -0.2) is 40.0 Å². The molecule has 0 bridgehead atoms. The summed E-state index contributed by atoms with van der Waals surface area (Å²) < 4.78 is 0. The van der Waals surface area contributed by atoms with Crippen LogP contribution in [0.4, 0.5) is 0 Å². The molecule has 2 heterocycles. The zero-order valence-electron chi connectivity index (χ0n) is 13.1. The van der Waals surface area contributed by atoms with Crippen molar-refractivity contribution in [2.45, 2.75) is 33.1 Å². The Morgan fingerprint density at radius 2 is 2.18 bits per heavy atom. The first-order valence-corrected chi connectivity index (χ1v) is 7.52. The first-order valence-electron chi connectivity index (χ1n) is 7.52. The zero-order chi connectivity index (χ0) is 16.2.